The van der Waals surface area contributed by atoms with E-state index in [0.717, 1.165) is 30.2 Å². The van der Waals surface area contributed by atoms with Crippen LogP contribution in [0.3, 0.4) is 0 Å². The fourth-order valence-electron chi connectivity index (χ4n) is 2.54. The van der Waals surface area contributed by atoms with Crippen LogP contribution in [0.2, 0.25) is 0 Å². The number of amides is 1. The van der Waals surface area contributed by atoms with Gasteiger partial charge in [0.2, 0.25) is 5.91 Å². The van der Waals surface area contributed by atoms with Crippen LogP contribution in [0.5, 0.6) is 0 Å². The molecule has 1 aromatic rings. The molecule has 1 aliphatic rings. The summed E-state index contributed by atoms with van der Waals surface area (Å²) in [7, 11) is 0. The number of hydrogen-bond donors (Lipinski definition) is 1. The molecule has 18 heavy (non-hydrogen) atoms. The van der Waals surface area contributed by atoms with E-state index in [0.29, 0.717) is 18.1 Å². The molecular formula is C13H21N3OS. The standard InChI is InChI=1S/C13H21N3OS/c1-2-3-10-4-5-12(17)16(7-6-10)9-11-8-15-13(14)18-11/h8,10H,2-7,9H2,1H3,(H2,14,15). The summed E-state index contributed by atoms with van der Waals surface area (Å²) in [6.45, 7) is 3.76. The highest BCUT2D eigenvalue weighted by molar-refractivity contribution is 7.15. The first-order chi connectivity index (χ1) is 8.69. The molecule has 1 amide bonds. The third-order valence-electron chi connectivity index (χ3n) is 3.54. The maximum atomic E-state index is 12.1. The van der Waals surface area contributed by atoms with Gasteiger partial charge in [0.1, 0.15) is 0 Å². The average molecular weight is 267 g/mol. The van der Waals surface area contributed by atoms with Crippen molar-refractivity contribution in [2.75, 3.05) is 12.3 Å². The van der Waals surface area contributed by atoms with Crippen LogP contribution >= 0.6 is 11.3 Å². The molecule has 2 N–H and O–H groups in total. The number of carbonyl (C=O) groups excluding carboxylic acids is 1. The Morgan fingerprint density at radius 2 is 2.39 bits per heavy atom. The summed E-state index contributed by atoms with van der Waals surface area (Å²) in [5, 5.41) is 0.580. The van der Waals surface area contributed by atoms with Crippen LogP contribution in [0.1, 0.15) is 43.9 Å². The lowest BCUT2D eigenvalue weighted by Crippen LogP contribution is -2.29. The summed E-state index contributed by atoms with van der Waals surface area (Å²) < 4.78 is 0. The summed E-state index contributed by atoms with van der Waals surface area (Å²) in [6.07, 6.45) is 7.11. The zero-order valence-electron chi connectivity index (χ0n) is 10.9. The molecule has 0 bridgehead atoms. The molecule has 2 rings (SSSR count). The molecule has 1 atom stereocenters. The highest BCUT2D eigenvalue weighted by atomic mass is 32.1. The fourth-order valence-corrected chi connectivity index (χ4v) is 3.24. The maximum Gasteiger partial charge on any atom is 0.222 e. The van der Waals surface area contributed by atoms with Crippen LogP contribution < -0.4 is 5.73 Å². The fraction of sp³-hybridized carbons (Fsp3) is 0.692. The van der Waals surface area contributed by atoms with E-state index >= 15 is 0 Å². The van der Waals surface area contributed by atoms with Crippen molar-refractivity contribution in [1.29, 1.82) is 0 Å². The Bertz CT molecular complexity index is 405. The van der Waals surface area contributed by atoms with Gasteiger partial charge in [-0.1, -0.05) is 19.8 Å². The Kier molecular flexibility index (Phi) is 4.58. The van der Waals surface area contributed by atoms with Gasteiger partial charge in [-0.3, -0.25) is 4.79 Å². The van der Waals surface area contributed by atoms with Gasteiger partial charge in [-0.25, -0.2) is 4.98 Å². The number of carbonyl (C=O) groups is 1. The molecule has 1 unspecified atom stereocenters. The molecular weight excluding hydrogens is 246 g/mol. The second-order valence-electron chi connectivity index (χ2n) is 4.96. The molecule has 1 aromatic heterocycles. The Hall–Kier alpha value is -1.10. The van der Waals surface area contributed by atoms with Crippen molar-refractivity contribution in [3.05, 3.63) is 11.1 Å². The number of nitrogens with zero attached hydrogens (tertiary/aromatic N) is 2. The lowest BCUT2D eigenvalue weighted by atomic mass is 9.96. The van der Waals surface area contributed by atoms with E-state index < -0.39 is 0 Å². The molecule has 2 heterocycles. The van der Waals surface area contributed by atoms with Gasteiger partial charge in [0.25, 0.3) is 0 Å². The van der Waals surface area contributed by atoms with Crippen molar-refractivity contribution in [2.45, 2.75) is 45.6 Å². The molecule has 0 saturated carbocycles. The topological polar surface area (TPSA) is 59.2 Å². The van der Waals surface area contributed by atoms with Crippen molar-refractivity contribution in [3.8, 4) is 0 Å². The molecule has 0 aromatic carbocycles. The summed E-state index contributed by atoms with van der Waals surface area (Å²) in [6, 6.07) is 0. The van der Waals surface area contributed by atoms with Crippen LogP contribution in [0, 0.1) is 5.92 Å². The normalized spacial score (nSPS) is 21.1. The number of nitrogen functional groups attached to an aromatic ring is 1. The predicted octanol–water partition coefficient (Wildman–Crippen LogP) is 2.65. The van der Waals surface area contributed by atoms with E-state index in [1.54, 1.807) is 6.20 Å². The summed E-state index contributed by atoms with van der Waals surface area (Å²) in [5.74, 6) is 0.996. The predicted molar refractivity (Wildman–Crippen MR) is 74.2 cm³/mol. The largest absolute Gasteiger partial charge is 0.375 e. The van der Waals surface area contributed by atoms with Gasteiger partial charge in [-0.2, -0.15) is 0 Å². The molecule has 5 heteroatoms. The highest BCUT2D eigenvalue weighted by Gasteiger charge is 2.22. The minimum absolute atomic E-state index is 0.278. The molecule has 1 fully saturated rings. The lowest BCUT2D eigenvalue weighted by molar-refractivity contribution is -0.131. The van der Waals surface area contributed by atoms with E-state index in [1.165, 1.54) is 24.2 Å². The first-order valence-electron chi connectivity index (χ1n) is 6.67. The highest BCUT2D eigenvalue weighted by Crippen LogP contribution is 2.25. The third-order valence-corrected chi connectivity index (χ3v) is 4.35. The number of thiazole rings is 1. The van der Waals surface area contributed by atoms with E-state index in [-0.39, 0.29) is 5.91 Å². The van der Waals surface area contributed by atoms with Gasteiger partial charge in [0.15, 0.2) is 5.13 Å². The average Bonchev–Trinajstić information content (AvgIpc) is 2.68. The quantitative estimate of drug-likeness (QED) is 0.912. The van der Waals surface area contributed by atoms with E-state index in [4.69, 9.17) is 5.73 Å². The van der Waals surface area contributed by atoms with Gasteiger partial charge in [0, 0.05) is 24.0 Å². The summed E-state index contributed by atoms with van der Waals surface area (Å²) in [4.78, 5) is 19.1. The number of aromatic nitrogens is 1. The molecule has 0 spiro atoms. The smallest absolute Gasteiger partial charge is 0.222 e. The molecule has 1 saturated heterocycles. The molecule has 4 nitrogen and oxygen atoms in total. The number of rotatable bonds is 4. The Morgan fingerprint density at radius 3 is 3.06 bits per heavy atom. The van der Waals surface area contributed by atoms with Gasteiger partial charge in [0.05, 0.1) is 6.54 Å². The van der Waals surface area contributed by atoms with Gasteiger partial charge in [-0.15, -0.1) is 11.3 Å². The van der Waals surface area contributed by atoms with Gasteiger partial charge in [-0.05, 0) is 18.8 Å². The molecule has 1 aliphatic heterocycles. The Morgan fingerprint density at radius 1 is 1.56 bits per heavy atom. The number of hydrogen-bond acceptors (Lipinski definition) is 4. The summed E-state index contributed by atoms with van der Waals surface area (Å²) in [5.41, 5.74) is 5.61. The number of anilines is 1. The van der Waals surface area contributed by atoms with Crippen LogP contribution in [0.25, 0.3) is 0 Å². The zero-order valence-corrected chi connectivity index (χ0v) is 11.7. The lowest BCUT2D eigenvalue weighted by Gasteiger charge is -2.19. The van der Waals surface area contributed by atoms with Crippen molar-refractivity contribution in [3.63, 3.8) is 0 Å². The van der Waals surface area contributed by atoms with Crippen LogP contribution in [0.4, 0.5) is 5.13 Å². The second kappa shape index (κ2) is 6.18. The molecule has 0 aliphatic carbocycles. The van der Waals surface area contributed by atoms with Gasteiger partial charge < -0.3 is 10.6 Å². The van der Waals surface area contributed by atoms with E-state index in [2.05, 4.69) is 11.9 Å². The Balaban J connectivity index is 1.93. The Labute approximate surface area is 112 Å². The molecule has 100 valence electrons. The zero-order chi connectivity index (χ0) is 13.0. The number of likely N-dealkylation sites (tertiary alicyclic amines) is 1. The van der Waals surface area contributed by atoms with Crippen molar-refractivity contribution in [2.24, 2.45) is 5.92 Å². The van der Waals surface area contributed by atoms with Crippen molar-refractivity contribution >= 4 is 22.4 Å². The van der Waals surface area contributed by atoms with Crippen molar-refractivity contribution in [1.82, 2.24) is 9.88 Å². The minimum atomic E-state index is 0.278. The van der Waals surface area contributed by atoms with Crippen LogP contribution in [-0.2, 0) is 11.3 Å². The first-order valence-corrected chi connectivity index (χ1v) is 7.48. The SMILES string of the molecule is CCCC1CCC(=O)N(Cc2cnc(N)s2)CC1. The first kappa shape index (κ1) is 13.3. The monoisotopic (exact) mass is 267 g/mol. The van der Waals surface area contributed by atoms with Gasteiger partial charge >= 0.3 is 0 Å². The minimum Gasteiger partial charge on any atom is -0.375 e. The van der Waals surface area contributed by atoms with E-state index in [1.807, 2.05) is 4.90 Å². The third kappa shape index (κ3) is 3.45. The second-order valence-corrected chi connectivity index (χ2v) is 6.11. The van der Waals surface area contributed by atoms with Crippen LogP contribution in [-0.4, -0.2) is 22.3 Å². The van der Waals surface area contributed by atoms with Crippen LogP contribution in [0.15, 0.2) is 6.20 Å². The molecule has 0 radical (unpaired) electrons. The summed E-state index contributed by atoms with van der Waals surface area (Å²) >= 11 is 1.47. The number of nitrogens with two attached hydrogens (primary N) is 1. The maximum absolute atomic E-state index is 12.1. The van der Waals surface area contributed by atoms with E-state index in [9.17, 15) is 4.79 Å². The van der Waals surface area contributed by atoms with Crippen molar-refractivity contribution < 1.29 is 4.79 Å².